The van der Waals surface area contributed by atoms with Crippen molar-refractivity contribution >= 4 is 11.7 Å². The molecule has 3 rings (SSSR count). The molecule has 1 aromatic heterocycles. The first-order valence-electron chi connectivity index (χ1n) is 9.60. The number of carbonyl (C=O) groups excluding carboxylic acids is 1. The Kier molecular flexibility index (Phi) is 6.46. The first kappa shape index (κ1) is 21.0. The highest BCUT2D eigenvalue weighted by molar-refractivity contribution is 5.94. The average Bonchev–Trinajstić information content (AvgIpc) is 3.09. The lowest BCUT2D eigenvalue weighted by Gasteiger charge is -2.12. The van der Waals surface area contributed by atoms with Crippen LogP contribution >= 0.6 is 0 Å². The van der Waals surface area contributed by atoms with Gasteiger partial charge >= 0.3 is 5.82 Å². The molecule has 0 fully saturated rings. The summed E-state index contributed by atoms with van der Waals surface area (Å²) in [5.41, 5.74) is 4.35. The van der Waals surface area contributed by atoms with Crippen LogP contribution in [0.1, 0.15) is 32.7 Å². The van der Waals surface area contributed by atoms with Crippen molar-refractivity contribution in [3.63, 3.8) is 0 Å². The number of ether oxygens (including phenoxy) is 1. The summed E-state index contributed by atoms with van der Waals surface area (Å²) >= 11 is 0. The van der Waals surface area contributed by atoms with Gasteiger partial charge in [0.25, 0.3) is 5.91 Å². The Bertz CT molecular complexity index is 1040. The number of hydrogen-bond donors (Lipinski definition) is 1. The fourth-order valence-electron chi connectivity index (χ4n) is 3.12. The first-order chi connectivity index (χ1) is 14.3. The summed E-state index contributed by atoms with van der Waals surface area (Å²) in [6.45, 7) is 6.85. The lowest BCUT2D eigenvalue weighted by Crippen LogP contribution is -2.27. The standard InChI is InChI=1S/C22H24N4O4/c1-15-5-4-6-16(2)21(15)30-14-18-7-9-19(10-8-18)22(27)23-11-12-25-17(3)13-20(24-25)26(28)29/h4-10,13H,11-12,14H2,1-3H3,(H,23,27). The van der Waals surface area contributed by atoms with E-state index in [4.69, 9.17) is 4.74 Å². The number of nitro groups is 1. The van der Waals surface area contributed by atoms with Gasteiger partial charge in [-0.2, -0.15) is 4.68 Å². The fourth-order valence-corrected chi connectivity index (χ4v) is 3.12. The van der Waals surface area contributed by atoms with E-state index in [1.165, 1.54) is 10.7 Å². The number of benzene rings is 2. The summed E-state index contributed by atoms with van der Waals surface area (Å²) in [7, 11) is 0. The highest BCUT2D eigenvalue weighted by Crippen LogP contribution is 2.23. The van der Waals surface area contributed by atoms with Gasteiger partial charge in [-0.3, -0.25) is 4.79 Å². The van der Waals surface area contributed by atoms with Crippen LogP contribution in [0, 0.1) is 30.9 Å². The molecule has 3 aromatic rings. The maximum Gasteiger partial charge on any atom is 0.390 e. The second kappa shape index (κ2) is 9.21. The second-order valence-corrected chi connectivity index (χ2v) is 7.09. The van der Waals surface area contributed by atoms with E-state index >= 15 is 0 Å². The van der Waals surface area contributed by atoms with Crippen molar-refractivity contribution in [2.45, 2.75) is 33.9 Å². The van der Waals surface area contributed by atoms with Crippen LogP contribution in [0.4, 0.5) is 5.82 Å². The van der Waals surface area contributed by atoms with Crippen LogP contribution < -0.4 is 10.1 Å². The van der Waals surface area contributed by atoms with Gasteiger partial charge in [0.05, 0.1) is 23.4 Å². The highest BCUT2D eigenvalue weighted by atomic mass is 16.6. The fraction of sp³-hybridized carbons (Fsp3) is 0.273. The average molecular weight is 408 g/mol. The minimum atomic E-state index is -0.534. The van der Waals surface area contributed by atoms with E-state index in [2.05, 4.69) is 10.4 Å². The predicted octanol–water partition coefficient (Wildman–Crippen LogP) is 3.73. The third kappa shape index (κ3) is 5.02. The molecule has 0 bridgehead atoms. The minimum absolute atomic E-state index is 0.197. The van der Waals surface area contributed by atoms with E-state index in [0.29, 0.717) is 31.0 Å². The molecule has 2 aromatic carbocycles. The maximum atomic E-state index is 12.3. The molecule has 30 heavy (non-hydrogen) atoms. The number of carbonyl (C=O) groups is 1. The monoisotopic (exact) mass is 408 g/mol. The van der Waals surface area contributed by atoms with Gasteiger partial charge in [-0.1, -0.05) is 30.3 Å². The van der Waals surface area contributed by atoms with Crippen molar-refractivity contribution in [1.29, 1.82) is 0 Å². The van der Waals surface area contributed by atoms with Gasteiger partial charge in [0.15, 0.2) is 0 Å². The van der Waals surface area contributed by atoms with E-state index in [9.17, 15) is 14.9 Å². The molecule has 0 aliphatic carbocycles. The Labute approximate surface area is 174 Å². The molecule has 0 saturated carbocycles. The Morgan fingerprint density at radius 2 is 1.80 bits per heavy atom. The van der Waals surface area contributed by atoms with Crippen molar-refractivity contribution in [1.82, 2.24) is 15.1 Å². The van der Waals surface area contributed by atoms with E-state index in [1.54, 1.807) is 19.1 Å². The van der Waals surface area contributed by atoms with Gasteiger partial charge in [-0.15, -0.1) is 0 Å². The van der Waals surface area contributed by atoms with Crippen LogP contribution in [0.15, 0.2) is 48.5 Å². The summed E-state index contributed by atoms with van der Waals surface area (Å²) in [5.74, 6) is 0.475. The predicted molar refractivity (Wildman–Crippen MR) is 113 cm³/mol. The quantitative estimate of drug-likeness (QED) is 0.452. The van der Waals surface area contributed by atoms with Crippen LogP contribution in [-0.4, -0.2) is 27.2 Å². The number of nitrogens with one attached hydrogen (secondary N) is 1. The molecule has 1 N–H and O–H groups in total. The van der Waals surface area contributed by atoms with Crippen LogP contribution in [-0.2, 0) is 13.2 Å². The van der Waals surface area contributed by atoms with Gasteiger partial charge in [0, 0.05) is 12.1 Å². The molecule has 0 atom stereocenters. The topological polar surface area (TPSA) is 99.3 Å². The van der Waals surface area contributed by atoms with Crippen molar-refractivity contribution in [2.24, 2.45) is 0 Å². The van der Waals surface area contributed by atoms with Crippen LogP contribution in [0.2, 0.25) is 0 Å². The van der Waals surface area contributed by atoms with E-state index < -0.39 is 4.92 Å². The van der Waals surface area contributed by atoms with Crippen molar-refractivity contribution in [3.05, 3.63) is 86.6 Å². The molecular formula is C22H24N4O4. The molecular weight excluding hydrogens is 384 g/mol. The smallest absolute Gasteiger partial charge is 0.390 e. The van der Waals surface area contributed by atoms with Crippen LogP contribution in [0.5, 0.6) is 5.75 Å². The Balaban J connectivity index is 1.52. The van der Waals surface area contributed by atoms with E-state index in [-0.39, 0.29) is 11.7 Å². The largest absolute Gasteiger partial charge is 0.488 e. The van der Waals surface area contributed by atoms with Gasteiger partial charge in [-0.05, 0) is 54.5 Å². The molecule has 8 nitrogen and oxygen atoms in total. The van der Waals surface area contributed by atoms with Gasteiger partial charge < -0.3 is 20.2 Å². The number of para-hydroxylation sites is 1. The number of rotatable bonds is 8. The molecule has 1 amide bonds. The SMILES string of the molecule is Cc1cccc(C)c1OCc1ccc(C(=O)NCCn2nc([N+](=O)[O-])cc2C)cc1. The van der Waals surface area contributed by atoms with Gasteiger partial charge in [0.2, 0.25) is 0 Å². The summed E-state index contributed by atoms with van der Waals surface area (Å²) in [6, 6.07) is 14.7. The minimum Gasteiger partial charge on any atom is -0.488 e. The molecule has 0 saturated heterocycles. The lowest BCUT2D eigenvalue weighted by molar-refractivity contribution is -0.389. The Morgan fingerprint density at radius 3 is 2.40 bits per heavy atom. The van der Waals surface area contributed by atoms with E-state index in [1.807, 2.05) is 44.2 Å². The van der Waals surface area contributed by atoms with Gasteiger partial charge in [-0.25, -0.2) is 0 Å². The molecule has 8 heteroatoms. The lowest BCUT2D eigenvalue weighted by atomic mass is 10.1. The van der Waals surface area contributed by atoms with Crippen molar-refractivity contribution < 1.29 is 14.5 Å². The summed E-state index contributed by atoms with van der Waals surface area (Å²) in [5, 5.41) is 17.5. The zero-order chi connectivity index (χ0) is 21.7. The maximum absolute atomic E-state index is 12.3. The molecule has 0 unspecified atom stereocenters. The molecule has 0 aliphatic heterocycles. The zero-order valence-corrected chi connectivity index (χ0v) is 17.2. The number of hydrogen-bond acceptors (Lipinski definition) is 5. The van der Waals surface area contributed by atoms with Crippen LogP contribution in [0.3, 0.4) is 0 Å². The number of nitrogens with zero attached hydrogens (tertiary/aromatic N) is 3. The van der Waals surface area contributed by atoms with Gasteiger partial charge in [0.1, 0.15) is 12.4 Å². The van der Waals surface area contributed by atoms with Crippen LogP contribution in [0.25, 0.3) is 0 Å². The third-order valence-corrected chi connectivity index (χ3v) is 4.77. The van der Waals surface area contributed by atoms with Crippen molar-refractivity contribution in [2.75, 3.05) is 6.54 Å². The zero-order valence-electron chi connectivity index (χ0n) is 17.2. The second-order valence-electron chi connectivity index (χ2n) is 7.09. The molecule has 1 heterocycles. The summed E-state index contributed by atoms with van der Waals surface area (Å²) in [4.78, 5) is 22.6. The first-order valence-corrected chi connectivity index (χ1v) is 9.60. The molecule has 156 valence electrons. The van der Waals surface area contributed by atoms with E-state index in [0.717, 1.165) is 22.4 Å². The summed E-state index contributed by atoms with van der Waals surface area (Å²) in [6.07, 6.45) is 0. The molecule has 0 aliphatic rings. The molecule has 0 spiro atoms. The Morgan fingerprint density at radius 1 is 1.13 bits per heavy atom. The number of aryl methyl sites for hydroxylation is 3. The summed E-state index contributed by atoms with van der Waals surface area (Å²) < 4.78 is 7.45. The van der Waals surface area contributed by atoms with Crippen molar-refractivity contribution in [3.8, 4) is 5.75 Å². The normalized spacial score (nSPS) is 10.6. The highest BCUT2D eigenvalue weighted by Gasteiger charge is 2.15. The number of amides is 1. The number of aromatic nitrogens is 2. The third-order valence-electron chi connectivity index (χ3n) is 4.77. The molecule has 0 radical (unpaired) electrons. The Hall–Kier alpha value is -3.68.